The lowest BCUT2D eigenvalue weighted by atomic mass is 10.2. The zero-order valence-corrected chi connectivity index (χ0v) is 10.9. The summed E-state index contributed by atoms with van der Waals surface area (Å²) in [6, 6.07) is 4.40. The maximum absolute atomic E-state index is 5.70. The van der Waals surface area contributed by atoms with Crippen molar-refractivity contribution in [2.45, 2.75) is 25.8 Å². The Kier molecular flexibility index (Phi) is 7.47. The first kappa shape index (κ1) is 15.5. The van der Waals surface area contributed by atoms with E-state index in [0.29, 0.717) is 6.04 Å². The number of aryl methyl sites for hydroxylation is 1. The number of hydrogen-bond acceptors (Lipinski definition) is 3. The van der Waals surface area contributed by atoms with Crippen LogP contribution in [-0.2, 0) is 0 Å². The van der Waals surface area contributed by atoms with Crippen molar-refractivity contribution in [1.29, 1.82) is 0 Å². The highest BCUT2D eigenvalue weighted by atomic mass is 35.5. The molecule has 0 spiro atoms. The minimum atomic E-state index is 0. The SMILES string of the molecule is Cc1ncccc1OCC1CCCN1.Cl.Cl. The second-order valence-corrected chi connectivity index (χ2v) is 3.69. The molecular weight excluding hydrogens is 247 g/mol. The third-order valence-corrected chi connectivity index (χ3v) is 2.56. The molecule has 1 fully saturated rings. The van der Waals surface area contributed by atoms with E-state index in [0.717, 1.165) is 24.6 Å². The van der Waals surface area contributed by atoms with Crippen LogP contribution in [0.1, 0.15) is 18.5 Å². The summed E-state index contributed by atoms with van der Waals surface area (Å²) in [5.74, 6) is 0.904. The maximum atomic E-state index is 5.70. The molecule has 1 N–H and O–H groups in total. The summed E-state index contributed by atoms with van der Waals surface area (Å²) in [6.07, 6.45) is 4.27. The van der Waals surface area contributed by atoms with Crippen molar-refractivity contribution in [2.75, 3.05) is 13.2 Å². The van der Waals surface area contributed by atoms with Gasteiger partial charge in [0.2, 0.25) is 0 Å². The normalized spacial score (nSPS) is 18.4. The molecule has 1 aromatic rings. The topological polar surface area (TPSA) is 34.1 Å². The molecule has 3 nitrogen and oxygen atoms in total. The van der Waals surface area contributed by atoms with Crippen molar-refractivity contribution >= 4 is 24.8 Å². The number of rotatable bonds is 3. The van der Waals surface area contributed by atoms with Gasteiger partial charge in [-0.15, -0.1) is 24.8 Å². The maximum Gasteiger partial charge on any atom is 0.140 e. The summed E-state index contributed by atoms with van der Waals surface area (Å²) < 4.78 is 5.70. The molecule has 0 amide bonds. The van der Waals surface area contributed by atoms with Crippen molar-refractivity contribution in [3.05, 3.63) is 24.0 Å². The van der Waals surface area contributed by atoms with E-state index in [2.05, 4.69) is 10.3 Å². The molecule has 0 radical (unpaired) electrons. The molecular formula is C11H18Cl2N2O. The van der Waals surface area contributed by atoms with Crippen LogP contribution in [0.25, 0.3) is 0 Å². The fourth-order valence-electron chi connectivity index (χ4n) is 1.71. The average molecular weight is 265 g/mol. The molecule has 1 aliphatic rings. The van der Waals surface area contributed by atoms with Crippen molar-refractivity contribution in [3.8, 4) is 5.75 Å². The Morgan fingerprint density at radius 3 is 2.94 bits per heavy atom. The molecule has 1 aromatic heterocycles. The van der Waals surface area contributed by atoms with Gasteiger partial charge in [-0.2, -0.15) is 0 Å². The van der Waals surface area contributed by atoms with Crippen molar-refractivity contribution < 1.29 is 4.74 Å². The molecule has 0 aromatic carbocycles. The first-order valence-corrected chi connectivity index (χ1v) is 5.14. The van der Waals surface area contributed by atoms with E-state index in [4.69, 9.17) is 4.74 Å². The molecule has 2 rings (SSSR count). The Hall–Kier alpha value is -0.510. The standard InChI is InChI=1S/C11H16N2O.2ClH/c1-9-11(5-3-6-12-9)14-8-10-4-2-7-13-10;;/h3,5-6,10,13H,2,4,7-8H2,1H3;2*1H. The number of ether oxygens (including phenoxy) is 1. The third-order valence-electron chi connectivity index (χ3n) is 2.56. The third kappa shape index (κ3) is 4.16. The van der Waals surface area contributed by atoms with Gasteiger partial charge in [-0.1, -0.05) is 0 Å². The van der Waals surface area contributed by atoms with Gasteiger partial charge in [0.15, 0.2) is 0 Å². The van der Waals surface area contributed by atoms with Crippen molar-refractivity contribution in [3.63, 3.8) is 0 Å². The molecule has 5 heteroatoms. The lowest BCUT2D eigenvalue weighted by molar-refractivity contribution is 0.274. The Morgan fingerprint density at radius 1 is 1.50 bits per heavy atom. The van der Waals surface area contributed by atoms with Gasteiger partial charge >= 0.3 is 0 Å². The molecule has 1 atom stereocenters. The van der Waals surface area contributed by atoms with Gasteiger partial charge in [0.1, 0.15) is 12.4 Å². The predicted octanol–water partition coefficient (Wildman–Crippen LogP) is 2.36. The molecule has 0 saturated carbocycles. The van der Waals surface area contributed by atoms with E-state index < -0.39 is 0 Å². The quantitative estimate of drug-likeness (QED) is 0.911. The number of halogens is 2. The van der Waals surface area contributed by atoms with E-state index in [9.17, 15) is 0 Å². The largest absolute Gasteiger partial charge is 0.490 e. The fraction of sp³-hybridized carbons (Fsp3) is 0.545. The average Bonchev–Trinajstić information content (AvgIpc) is 2.69. The van der Waals surface area contributed by atoms with E-state index in [1.807, 2.05) is 19.1 Å². The number of nitrogens with zero attached hydrogens (tertiary/aromatic N) is 1. The Labute approximate surface area is 109 Å². The minimum absolute atomic E-state index is 0. The molecule has 92 valence electrons. The lowest BCUT2D eigenvalue weighted by Crippen LogP contribution is -2.28. The molecule has 1 unspecified atom stereocenters. The molecule has 0 bridgehead atoms. The molecule has 1 saturated heterocycles. The predicted molar refractivity (Wildman–Crippen MR) is 70.0 cm³/mol. The van der Waals surface area contributed by atoms with Gasteiger partial charge < -0.3 is 10.1 Å². The monoisotopic (exact) mass is 264 g/mol. The van der Waals surface area contributed by atoms with Crippen LogP contribution in [0, 0.1) is 6.92 Å². The van der Waals surface area contributed by atoms with Gasteiger partial charge in [0.05, 0.1) is 5.69 Å². The molecule has 2 heterocycles. The van der Waals surface area contributed by atoms with E-state index in [1.54, 1.807) is 6.20 Å². The van der Waals surface area contributed by atoms with E-state index >= 15 is 0 Å². The highest BCUT2D eigenvalue weighted by Gasteiger charge is 2.14. The number of aromatic nitrogens is 1. The van der Waals surface area contributed by atoms with Crippen LogP contribution >= 0.6 is 24.8 Å². The van der Waals surface area contributed by atoms with E-state index in [1.165, 1.54) is 12.8 Å². The smallest absolute Gasteiger partial charge is 0.140 e. The zero-order valence-electron chi connectivity index (χ0n) is 9.31. The summed E-state index contributed by atoms with van der Waals surface area (Å²) >= 11 is 0. The number of pyridine rings is 1. The zero-order chi connectivity index (χ0) is 9.80. The Morgan fingerprint density at radius 2 is 2.31 bits per heavy atom. The highest BCUT2D eigenvalue weighted by molar-refractivity contribution is 5.85. The molecule has 0 aliphatic carbocycles. The lowest BCUT2D eigenvalue weighted by Gasteiger charge is -2.12. The van der Waals surface area contributed by atoms with Crippen LogP contribution < -0.4 is 10.1 Å². The van der Waals surface area contributed by atoms with Gasteiger partial charge in [0, 0.05) is 12.2 Å². The summed E-state index contributed by atoms with van der Waals surface area (Å²) in [7, 11) is 0. The van der Waals surface area contributed by atoms with Crippen molar-refractivity contribution in [2.24, 2.45) is 0 Å². The van der Waals surface area contributed by atoms with Crippen molar-refractivity contribution in [1.82, 2.24) is 10.3 Å². The van der Waals surface area contributed by atoms with Crippen LogP contribution in [0.3, 0.4) is 0 Å². The first-order valence-electron chi connectivity index (χ1n) is 5.14. The minimum Gasteiger partial charge on any atom is -0.490 e. The highest BCUT2D eigenvalue weighted by Crippen LogP contribution is 2.15. The van der Waals surface area contributed by atoms with Crippen LogP contribution in [0.15, 0.2) is 18.3 Å². The Bertz CT molecular complexity index is 304. The van der Waals surface area contributed by atoms with E-state index in [-0.39, 0.29) is 24.8 Å². The van der Waals surface area contributed by atoms with Crippen LogP contribution in [0.2, 0.25) is 0 Å². The van der Waals surface area contributed by atoms with Gasteiger partial charge in [-0.3, -0.25) is 4.98 Å². The fourth-order valence-corrected chi connectivity index (χ4v) is 1.71. The van der Waals surface area contributed by atoms with Gasteiger partial charge in [-0.25, -0.2) is 0 Å². The summed E-state index contributed by atoms with van der Waals surface area (Å²) in [6.45, 7) is 3.85. The molecule has 16 heavy (non-hydrogen) atoms. The summed E-state index contributed by atoms with van der Waals surface area (Å²) in [5, 5.41) is 3.40. The number of hydrogen-bond donors (Lipinski definition) is 1. The second kappa shape index (κ2) is 7.71. The first-order chi connectivity index (χ1) is 6.86. The summed E-state index contributed by atoms with van der Waals surface area (Å²) in [5.41, 5.74) is 0.963. The molecule has 1 aliphatic heterocycles. The van der Waals surface area contributed by atoms with Crippen LogP contribution in [0.5, 0.6) is 5.75 Å². The second-order valence-electron chi connectivity index (χ2n) is 3.69. The van der Waals surface area contributed by atoms with Crippen LogP contribution in [0.4, 0.5) is 0 Å². The van der Waals surface area contributed by atoms with Crippen LogP contribution in [-0.4, -0.2) is 24.2 Å². The van der Waals surface area contributed by atoms with Gasteiger partial charge in [-0.05, 0) is 38.4 Å². The Balaban J connectivity index is 0.00000112. The summed E-state index contributed by atoms with van der Waals surface area (Å²) in [4.78, 5) is 4.18. The number of nitrogens with one attached hydrogen (secondary N) is 1. The van der Waals surface area contributed by atoms with Gasteiger partial charge in [0.25, 0.3) is 0 Å².